The first-order valence-corrected chi connectivity index (χ1v) is 8.21. The zero-order chi connectivity index (χ0) is 16.5. The summed E-state index contributed by atoms with van der Waals surface area (Å²) in [7, 11) is 0. The highest BCUT2D eigenvalue weighted by Crippen LogP contribution is 2.30. The van der Waals surface area contributed by atoms with Crippen LogP contribution in [0.3, 0.4) is 0 Å². The first kappa shape index (κ1) is 14.8. The van der Waals surface area contributed by atoms with E-state index in [1.807, 2.05) is 49.4 Å². The number of furan rings is 1. The van der Waals surface area contributed by atoms with Crippen molar-refractivity contribution in [3.63, 3.8) is 0 Å². The summed E-state index contributed by atoms with van der Waals surface area (Å²) in [5, 5.41) is 7.56. The highest BCUT2D eigenvalue weighted by Gasteiger charge is 2.25. The predicted octanol–water partition coefficient (Wildman–Crippen LogP) is 3.58. The lowest BCUT2D eigenvalue weighted by atomic mass is 9.93. The fourth-order valence-electron chi connectivity index (χ4n) is 3.28. The Morgan fingerprint density at radius 2 is 2.12 bits per heavy atom. The molecule has 0 bridgehead atoms. The molecule has 0 radical (unpaired) electrons. The number of nitrogens with one attached hydrogen (secondary N) is 1. The second kappa shape index (κ2) is 6.00. The molecule has 5 nitrogen and oxygen atoms in total. The number of aromatic nitrogens is 2. The van der Waals surface area contributed by atoms with E-state index in [0.29, 0.717) is 5.69 Å². The van der Waals surface area contributed by atoms with E-state index in [9.17, 15) is 4.79 Å². The lowest BCUT2D eigenvalue weighted by molar-refractivity contribution is 0.0926. The number of amides is 1. The molecule has 4 rings (SSSR count). The zero-order valence-electron chi connectivity index (χ0n) is 13.5. The topological polar surface area (TPSA) is 60.1 Å². The Morgan fingerprint density at radius 1 is 1.29 bits per heavy atom. The summed E-state index contributed by atoms with van der Waals surface area (Å²) in [5.41, 5.74) is 3.41. The molecule has 24 heavy (non-hydrogen) atoms. The van der Waals surface area contributed by atoms with E-state index in [1.54, 1.807) is 10.9 Å². The zero-order valence-corrected chi connectivity index (χ0v) is 13.5. The number of carbonyl (C=O) groups is 1. The smallest absolute Gasteiger partial charge is 0.272 e. The summed E-state index contributed by atoms with van der Waals surface area (Å²) >= 11 is 0. The van der Waals surface area contributed by atoms with Gasteiger partial charge in [0.1, 0.15) is 5.76 Å². The lowest BCUT2D eigenvalue weighted by Gasteiger charge is -2.22. The number of nitrogens with zero attached hydrogens (tertiary/aromatic N) is 2. The molecule has 1 unspecified atom stereocenters. The Hall–Kier alpha value is -2.82. The molecule has 1 aliphatic rings. The van der Waals surface area contributed by atoms with Gasteiger partial charge in [-0.15, -0.1) is 0 Å². The Labute approximate surface area is 140 Å². The molecule has 2 aromatic heterocycles. The maximum atomic E-state index is 12.6. The van der Waals surface area contributed by atoms with Gasteiger partial charge < -0.3 is 9.73 Å². The standard InChI is InChI=1S/C19H19N3O2/c1-13-12-17(21-22(13)14-6-3-2-4-7-14)19(23)20-16-8-5-9-18-15(16)10-11-24-18/h2-4,6-7,10-12,16H,5,8-9H2,1H3,(H,20,23). The minimum Gasteiger partial charge on any atom is -0.469 e. The van der Waals surface area contributed by atoms with E-state index in [-0.39, 0.29) is 11.9 Å². The molecule has 1 N–H and O–H groups in total. The van der Waals surface area contributed by atoms with Gasteiger partial charge >= 0.3 is 0 Å². The van der Waals surface area contributed by atoms with E-state index >= 15 is 0 Å². The molecule has 0 spiro atoms. The molecule has 0 fully saturated rings. The van der Waals surface area contributed by atoms with E-state index < -0.39 is 0 Å². The van der Waals surface area contributed by atoms with Gasteiger partial charge in [-0.05, 0) is 44.0 Å². The molecule has 0 aliphatic heterocycles. The minimum atomic E-state index is -0.146. The van der Waals surface area contributed by atoms with Crippen molar-refractivity contribution < 1.29 is 9.21 Å². The number of hydrogen-bond donors (Lipinski definition) is 1. The van der Waals surface area contributed by atoms with Gasteiger partial charge in [0.2, 0.25) is 0 Å². The van der Waals surface area contributed by atoms with E-state index in [4.69, 9.17) is 4.42 Å². The first-order chi connectivity index (χ1) is 11.7. The van der Waals surface area contributed by atoms with Gasteiger partial charge in [0.05, 0.1) is 18.0 Å². The van der Waals surface area contributed by atoms with Gasteiger partial charge in [-0.2, -0.15) is 5.10 Å². The van der Waals surface area contributed by atoms with Crippen molar-refractivity contribution in [2.75, 3.05) is 0 Å². The van der Waals surface area contributed by atoms with Crippen molar-refractivity contribution in [3.8, 4) is 5.69 Å². The molecule has 0 saturated carbocycles. The van der Waals surface area contributed by atoms with Gasteiger partial charge in [-0.1, -0.05) is 18.2 Å². The number of benzene rings is 1. The van der Waals surface area contributed by atoms with E-state index in [0.717, 1.165) is 42.0 Å². The van der Waals surface area contributed by atoms with Gasteiger partial charge in [0.15, 0.2) is 5.69 Å². The second-order valence-corrected chi connectivity index (χ2v) is 6.14. The first-order valence-electron chi connectivity index (χ1n) is 8.21. The number of fused-ring (bicyclic) bond motifs is 1. The van der Waals surface area contributed by atoms with Crippen molar-refractivity contribution in [3.05, 3.63) is 71.4 Å². The highest BCUT2D eigenvalue weighted by molar-refractivity contribution is 5.92. The Balaban J connectivity index is 1.56. The Kier molecular flexibility index (Phi) is 3.69. The molecule has 1 atom stereocenters. The molecule has 0 saturated heterocycles. The number of hydrogen-bond acceptors (Lipinski definition) is 3. The van der Waals surface area contributed by atoms with Gasteiger partial charge in [-0.25, -0.2) is 4.68 Å². The predicted molar refractivity (Wildman–Crippen MR) is 90.2 cm³/mol. The van der Waals surface area contributed by atoms with Crippen LogP contribution in [0.5, 0.6) is 0 Å². The second-order valence-electron chi connectivity index (χ2n) is 6.14. The Morgan fingerprint density at radius 3 is 2.96 bits per heavy atom. The summed E-state index contributed by atoms with van der Waals surface area (Å²) in [5.74, 6) is 0.837. The van der Waals surface area contributed by atoms with Crippen LogP contribution >= 0.6 is 0 Å². The van der Waals surface area contributed by atoms with E-state index in [2.05, 4.69) is 10.4 Å². The third-order valence-electron chi connectivity index (χ3n) is 4.48. The maximum absolute atomic E-state index is 12.6. The van der Waals surface area contributed by atoms with Crippen LogP contribution in [0.15, 0.2) is 53.1 Å². The minimum absolute atomic E-state index is 0.00202. The largest absolute Gasteiger partial charge is 0.469 e. The summed E-state index contributed by atoms with van der Waals surface area (Å²) in [6, 6.07) is 13.6. The molecular formula is C19H19N3O2. The van der Waals surface area contributed by atoms with Crippen molar-refractivity contribution in [1.29, 1.82) is 0 Å². The van der Waals surface area contributed by atoms with Crippen LogP contribution in [-0.4, -0.2) is 15.7 Å². The quantitative estimate of drug-likeness (QED) is 0.802. The van der Waals surface area contributed by atoms with Crippen LogP contribution < -0.4 is 5.32 Å². The summed E-state index contributed by atoms with van der Waals surface area (Å²) in [6.45, 7) is 1.95. The third-order valence-corrected chi connectivity index (χ3v) is 4.48. The van der Waals surface area contributed by atoms with Gasteiger partial charge in [-0.3, -0.25) is 4.79 Å². The monoisotopic (exact) mass is 321 g/mol. The van der Waals surface area contributed by atoms with Crippen LogP contribution in [-0.2, 0) is 6.42 Å². The van der Waals surface area contributed by atoms with Crippen molar-refractivity contribution >= 4 is 5.91 Å². The number of carbonyl (C=O) groups excluding carboxylic acids is 1. The average molecular weight is 321 g/mol. The van der Waals surface area contributed by atoms with Crippen LogP contribution in [0.25, 0.3) is 5.69 Å². The Bertz CT molecular complexity index is 864. The highest BCUT2D eigenvalue weighted by atomic mass is 16.3. The number of rotatable bonds is 3. The molecule has 5 heteroatoms. The summed E-state index contributed by atoms with van der Waals surface area (Å²) in [6.07, 6.45) is 4.58. The maximum Gasteiger partial charge on any atom is 0.272 e. The van der Waals surface area contributed by atoms with Crippen molar-refractivity contribution in [2.45, 2.75) is 32.2 Å². The SMILES string of the molecule is Cc1cc(C(=O)NC2CCCc3occc32)nn1-c1ccccc1. The molecule has 3 aromatic rings. The molecule has 1 amide bonds. The molecule has 122 valence electrons. The van der Waals surface area contributed by atoms with Gasteiger partial charge in [0, 0.05) is 17.7 Å². The fourth-order valence-corrected chi connectivity index (χ4v) is 3.28. The van der Waals surface area contributed by atoms with Crippen molar-refractivity contribution in [1.82, 2.24) is 15.1 Å². The lowest BCUT2D eigenvalue weighted by Crippen LogP contribution is -2.30. The van der Waals surface area contributed by atoms with Crippen LogP contribution in [0.4, 0.5) is 0 Å². The van der Waals surface area contributed by atoms with Gasteiger partial charge in [0.25, 0.3) is 5.91 Å². The summed E-state index contributed by atoms with van der Waals surface area (Å²) < 4.78 is 7.27. The molecule has 2 heterocycles. The molecular weight excluding hydrogens is 302 g/mol. The van der Waals surface area contributed by atoms with Crippen LogP contribution in [0.2, 0.25) is 0 Å². The van der Waals surface area contributed by atoms with Crippen molar-refractivity contribution in [2.24, 2.45) is 0 Å². The van der Waals surface area contributed by atoms with Crippen LogP contribution in [0.1, 0.15) is 46.4 Å². The molecule has 1 aromatic carbocycles. The van der Waals surface area contributed by atoms with Crippen LogP contribution in [0, 0.1) is 6.92 Å². The number of para-hydroxylation sites is 1. The molecule has 1 aliphatic carbocycles. The number of aryl methyl sites for hydroxylation is 2. The fraction of sp³-hybridized carbons (Fsp3) is 0.263. The average Bonchev–Trinajstić information content (AvgIpc) is 3.23. The normalized spacial score (nSPS) is 16.6. The summed E-state index contributed by atoms with van der Waals surface area (Å²) in [4.78, 5) is 12.6. The third kappa shape index (κ3) is 2.62. The van der Waals surface area contributed by atoms with E-state index in [1.165, 1.54) is 0 Å².